The number of nitrogens with zero attached hydrogens (tertiary/aromatic N) is 2. The molecule has 2 heterocycles. The Bertz CT molecular complexity index is 380. The lowest BCUT2D eigenvalue weighted by molar-refractivity contribution is -0.138. The molecule has 100 valence electrons. The molecule has 2 rings (SSSR count). The summed E-state index contributed by atoms with van der Waals surface area (Å²) in [6.07, 6.45) is 2.05. The Balaban J connectivity index is 2.18. The molecule has 1 aliphatic rings. The van der Waals surface area contributed by atoms with E-state index in [2.05, 4.69) is 30.7 Å². The summed E-state index contributed by atoms with van der Waals surface area (Å²) in [6, 6.07) is 6.17. The van der Waals surface area contributed by atoms with Crippen molar-refractivity contribution in [1.82, 2.24) is 9.88 Å². The Labute approximate surface area is 109 Å². The second kappa shape index (κ2) is 5.34. The highest BCUT2D eigenvalue weighted by Gasteiger charge is 2.35. The van der Waals surface area contributed by atoms with Gasteiger partial charge >= 0.3 is 0 Å². The number of pyridine rings is 1. The van der Waals surface area contributed by atoms with Gasteiger partial charge in [-0.25, -0.2) is 0 Å². The molecule has 1 aliphatic heterocycles. The topological polar surface area (TPSA) is 51.4 Å². The summed E-state index contributed by atoms with van der Waals surface area (Å²) < 4.78 is 5.93. The van der Waals surface area contributed by atoms with E-state index in [0.29, 0.717) is 6.54 Å². The average Bonchev–Trinajstić information content (AvgIpc) is 2.28. The first kappa shape index (κ1) is 13.5. The molecule has 1 fully saturated rings. The van der Waals surface area contributed by atoms with E-state index in [9.17, 15) is 0 Å². The third-order valence-electron chi connectivity index (χ3n) is 3.29. The van der Waals surface area contributed by atoms with Gasteiger partial charge < -0.3 is 10.5 Å². The molecule has 0 radical (unpaired) electrons. The van der Waals surface area contributed by atoms with Crippen LogP contribution in [0.3, 0.4) is 0 Å². The molecule has 0 spiro atoms. The number of hydrogen-bond donors (Lipinski definition) is 1. The molecule has 4 nitrogen and oxygen atoms in total. The van der Waals surface area contributed by atoms with Crippen molar-refractivity contribution in [2.45, 2.75) is 38.5 Å². The second-order valence-corrected chi connectivity index (χ2v) is 5.62. The summed E-state index contributed by atoms with van der Waals surface area (Å²) in [5.41, 5.74) is 6.87. The molecule has 0 bridgehead atoms. The predicted molar refractivity (Wildman–Crippen MR) is 72.2 cm³/mol. The van der Waals surface area contributed by atoms with Crippen molar-refractivity contribution in [3.63, 3.8) is 0 Å². The molecule has 0 aromatic carbocycles. The van der Waals surface area contributed by atoms with E-state index in [1.807, 2.05) is 24.4 Å². The summed E-state index contributed by atoms with van der Waals surface area (Å²) in [5, 5.41) is 0. The predicted octanol–water partition coefficient (Wildman–Crippen LogP) is 1.58. The Kier molecular flexibility index (Phi) is 4.00. The van der Waals surface area contributed by atoms with Crippen molar-refractivity contribution < 1.29 is 4.74 Å². The molecule has 1 aromatic rings. The van der Waals surface area contributed by atoms with Crippen LogP contribution >= 0.6 is 0 Å². The van der Waals surface area contributed by atoms with E-state index in [4.69, 9.17) is 10.5 Å². The number of morpholine rings is 1. The summed E-state index contributed by atoms with van der Waals surface area (Å²) in [5.74, 6) is 0. The number of rotatable bonds is 3. The Morgan fingerprint density at radius 2 is 2.33 bits per heavy atom. The van der Waals surface area contributed by atoms with Crippen LogP contribution < -0.4 is 5.73 Å². The minimum Gasteiger partial charge on any atom is -0.370 e. The monoisotopic (exact) mass is 249 g/mol. The highest BCUT2D eigenvalue weighted by molar-refractivity contribution is 5.10. The van der Waals surface area contributed by atoms with E-state index in [1.165, 1.54) is 0 Å². The van der Waals surface area contributed by atoms with Gasteiger partial charge in [-0.05, 0) is 32.9 Å². The van der Waals surface area contributed by atoms with Crippen molar-refractivity contribution in [1.29, 1.82) is 0 Å². The van der Waals surface area contributed by atoms with Gasteiger partial charge in [0.2, 0.25) is 0 Å². The minimum atomic E-state index is -0.125. The van der Waals surface area contributed by atoms with Crippen LogP contribution in [-0.2, 0) is 4.74 Å². The molecule has 0 aliphatic carbocycles. The van der Waals surface area contributed by atoms with Crippen LogP contribution in [-0.4, -0.2) is 41.2 Å². The quantitative estimate of drug-likeness (QED) is 0.883. The maximum absolute atomic E-state index is 5.95. The molecule has 0 amide bonds. The molecule has 2 unspecified atom stereocenters. The van der Waals surface area contributed by atoms with E-state index in [1.54, 1.807) is 0 Å². The molecule has 2 atom stereocenters. The zero-order chi connectivity index (χ0) is 13.2. The van der Waals surface area contributed by atoms with Crippen LogP contribution in [0.5, 0.6) is 0 Å². The molecule has 1 aromatic heterocycles. The van der Waals surface area contributed by atoms with Crippen molar-refractivity contribution >= 4 is 0 Å². The minimum absolute atomic E-state index is 0.125. The standard InChI is InChI=1S/C14H23N3O/c1-11-9-17(10-14(2,3)18-11)13(8-15)12-6-4-5-7-16-12/h4-7,11,13H,8-10,15H2,1-3H3. The van der Waals surface area contributed by atoms with Crippen LogP contribution in [0, 0.1) is 0 Å². The van der Waals surface area contributed by atoms with E-state index >= 15 is 0 Å². The molecule has 0 saturated carbocycles. The summed E-state index contributed by atoms with van der Waals surface area (Å²) in [4.78, 5) is 6.82. The van der Waals surface area contributed by atoms with Crippen molar-refractivity contribution in [3.8, 4) is 0 Å². The SMILES string of the molecule is CC1CN(C(CN)c2ccccn2)CC(C)(C)O1. The Morgan fingerprint density at radius 3 is 2.89 bits per heavy atom. The number of hydrogen-bond acceptors (Lipinski definition) is 4. The maximum Gasteiger partial charge on any atom is 0.0757 e. The smallest absolute Gasteiger partial charge is 0.0757 e. The van der Waals surface area contributed by atoms with Crippen LogP contribution in [0.25, 0.3) is 0 Å². The van der Waals surface area contributed by atoms with Crippen LogP contribution in [0.4, 0.5) is 0 Å². The lowest BCUT2D eigenvalue weighted by Gasteiger charge is -2.44. The van der Waals surface area contributed by atoms with Gasteiger partial charge in [-0.1, -0.05) is 6.07 Å². The summed E-state index contributed by atoms with van der Waals surface area (Å²) in [6.45, 7) is 8.74. The lowest BCUT2D eigenvalue weighted by Crippen LogP contribution is -2.54. The number of aromatic nitrogens is 1. The fourth-order valence-corrected chi connectivity index (χ4v) is 2.77. The highest BCUT2D eigenvalue weighted by atomic mass is 16.5. The largest absolute Gasteiger partial charge is 0.370 e. The fraction of sp³-hybridized carbons (Fsp3) is 0.643. The normalized spacial score (nSPS) is 25.9. The molecule has 1 saturated heterocycles. The fourth-order valence-electron chi connectivity index (χ4n) is 2.77. The second-order valence-electron chi connectivity index (χ2n) is 5.62. The lowest BCUT2D eigenvalue weighted by atomic mass is 10.0. The van der Waals surface area contributed by atoms with Gasteiger partial charge in [0.15, 0.2) is 0 Å². The summed E-state index contributed by atoms with van der Waals surface area (Å²) in [7, 11) is 0. The van der Waals surface area contributed by atoms with E-state index in [0.717, 1.165) is 18.8 Å². The zero-order valence-corrected chi connectivity index (χ0v) is 11.5. The van der Waals surface area contributed by atoms with Crippen molar-refractivity contribution in [2.24, 2.45) is 5.73 Å². The van der Waals surface area contributed by atoms with Gasteiger partial charge in [-0.15, -0.1) is 0 Å². The van der Waals surface area contributed by atoms with Gasteiger partial charge in [0, 0.05) is 25.8 Å². The Hall–Kier alpha value is -0.970. The van der Waals surface area contributed by atoms with Gasteiger partial charge in [0.25, 0.3) is 0 Å². The third-order valence-corrected chi connectivity index (χ3v) is 3.29. The average molecular weight is 249 g/mol. The van der Waals surface area contributed by atoms with Crippen molar-refractivity contribution in [2.75, 3.05) is 19.6 Å². The Morgan fingerprint density at radius 1 is 1.56 bits per heavy atom. The first-order valence-corrected chi connectivity index (χ1v) is 6.55. The maximum atomic E-state index is 5.95. The van der Waals surface area contributed by atoms with Crippen LogP contribution in [0.1, 0.15) is 32.5 Å². The van der Waals surface area contributed by atoms with Gasteiger partial charge in [0.1, 0.15) is 0 Å². The molecule has 4 heteroatoms. The molecule has 2 N–H and O–H groups in total. The zero-order valence-electron chi connectivity index (χ0n) is 11.5. The van der Waals surface area contributed by atoms with Crippen LogP contribution in [0.15, 0.2) is 24.4 Å². The highest BCUT2D eigenvalue weighted by Crippen LogP contribution is 2.27. The number of ether oxygens (including phenoxy) is 1. The van der Waals surface area contributed by atoms with Crippen LogP contribution in [0.2, 0.25) is 0 Å². The van der Waals surface area contributed by atoms with Gasteiger partial charge in [-0.3, -0.25) is 9.88 Å². The van der Waals surface area contributed by atoms with E-state index in [-0.39, 0.29) is 17.7 Å². The first-order valence-electron chi connectivity index (χ1n) is 6.55. The van der Waals surface area contributed by atoms with E-state index < -0.39 is 0 Å². The first-order chi connectivity index (χ1) is 8.52. The third kappa shape index (κ3) is 3.07. The van der Waals surface area contributed by atoms with Gasteiger partial charge in [-0.2, -0.15) is 0 Å². The van der Waals surface area contributed by atoms with Gasteiger partial charge in [0.05, 0.1) is 23.4 Å². The van der Waals surface area contributed by atoms with Crippen molar-refractivity contribution in [3.05, 3.63) is 30.1 Å². The molecular formula is C14H23N3O. The molecule has 18 heavy (non-hydrogen) atoms. The molecular weight excluding hydrogens is 226 g/mol. The number of nitrogens with two attached hydrogens (primary N) is 1. The summed E-state index contributed by atoms with van der Waals surface area (Å²) >= 11 is 0.